The molecule has 4 atom stereocenters. The van der Waals surface area contributed by atoms with Crippen LogP contribution in [0.5, 0.6) is 5.75 Å². The van der Waals surface area contributed by atoms with Crippen LogP contribution >= 0.6 is 11.6 Å². The molecule has 0 aromatic heterocycles. The number of hydrogen-bond donors (Lipinski definition) is 2. The number of sulfonamides is 1. The summed E-state index contributed by atoms with van der Waals surface area (Å²) in [4.78, 5) is 30.7. The van der Waals surface area contributed by atoms with Gasteiger partial charge in [0.05, 0.1) is 35.3 Å². The summed E-state index contributed by atoms with van der Waals surface area (Å²) in [5, 5.41) is 10.6. The van der Waals surface area contributed by atoms with E-state index in [4.69, 9.17) is 21.1 Å². The third-order valence-electron chi connectivity index (χ3n) is 8.25. The summed E-state index contributed by atoms with van der Waals surface area (Å²) in [7, 11) is -2.25. The number of rotatable bonds is 8. The smallest absolute Gasteiger partial charge is 0.261 e. The maximum atomic E-state index is 14.3. The van der Waals surface area contributed by atoms with Gasteiger partial charge < -0.3 is 24.4 Å². The fraction of sp³-hybridized carbons (Fsp3) is 0.429. The predicted octanol–water partition coefficient (Wildman–Crippen LogP) is 5.71. The average molecular weight is 686 g/mol. The Hall–Kier alpha value is -3.64. The standard InChI is InChI=1S/C35H44ClN3O7S/c1-24-21-39(25(2)23-40)35(42)31-20-29(37-47(43,44)30-16-13-28(36)14-17-30)15-18-32(31)46-26(3)10-8-9-19-45-33(24)22-38(4)34(41)27-11-6-5-7-12-27/h5-7,11-18,20,24-26,33,37,40H,8-10,19,21-23H2,1-4H3/t24-,25+,26+,33-/m0/s1. The van der Waals surface area contributed by atoms with E-state index in [-0.39, 0.29) is 47.2 Å². The normalized spacial score (nSPS) is 20.3. The van der Waals surface area contributed by atoms with Crippen molar-refractivity contribution >= 4 is 39.1 Å². The van der Waals surface area contributed by atoms with E-state index in [9.17, 15) is 23.1 Å². The van der Waals surface area contributed by atoms with Crippen molar-refractivity contribution in [1.29, 1.82) is 0 Å². The van der Waals surface area contributed by atoms with Crippen LogP contribution in [0.2, 0.25) is 5.02 Å². The number of hydrogen-bond acceptors (Lipinski definition) is 7. The van der Waals surface area contributed by atoms with Crippen molar-refractivity contribution in [2.75, 3.05) is 38.1 Å². The minimum Gasteiger partial charge on any atom is -0.490 e. The number of halogens is 1. The number of benzene rings is 3. The predicted molar refractivity (Wildman–Crippen MR) is 183 cm³/mol. The molecule has 3 aromatic carbocycles. The number of anilines is 1. The van der Waals surface area contributed by atoms with E-state index in [0.29, 0.717) is 35.9 Å². The highest BCUT2D eigenvalue weighted by atomic mass is 35.5. The lowest BCUT2D eigenvalue weighted by Crippen LogP contribution is -2.48. The van der Waals surface area contributed by atoms with Gasteiger partial charge in [-0.2, -0.15) is 0 Å². The van der Waals surface area contributed by atoms with E-state index >= 15 is 0 Å². The van der Waals surface area contributed by atoms with Gasteiger partial charge in [-0.1, -0.05) is 36.7 Å². The van der Waals surface area contributed by atoms with Gasteiger partial charge in [-0.25, -0.2) is 8.42 Å². The van der Waals surface area contributed by atoms with E-state index in [2.05, 4.69) is 4.72 Å². The average Bonchev–Trinajstić information content (AvgIpc) is 3.06. The molecule has 0 aliphatic carbocycles. The molecule has 1 aliphatic heterocycles. The van der Waals surface area contributed by atoms with Gasteiger partial charge in [-0.05, 0) is 87.7 Å². The molecule has 0 unspecified atom stereocenters. The van der Waals surface area contributed by atoms with Crippen molar-refractivity contribution in [3.63, 3.8) is 0 Å². The molecule has 0 radical (unpaired) electrons. The molecule has 0 saturated heterocycles. The number of amides is 2. The van der Waals surface area contributed by atoms with Crippen molar-refractivity contribution in [2.45, 2.75) is 63.2 Å². The van der Waals surface area contributed by atoms with Crippen LogP contribution in [0, 0.1) is 5.92 Å². The number of likely N-dealkylation sites (N-methyl/N-ethyl adjacent to an activating group) is 1. The zero-order chi connectivity index (χ0) is 34.1. The van der Waals surface area contributed by atoms with Crippen LogP contribution in [0.15, 0.2) is 77.7 Å². The molecular weight excluding hydrogens is 642 g/mol. The number of ether oxygens (including phenoxy) is 2. The Morgan fingerprint density at radius 1 is 1.09 bits per heavy atom. The zero-order valence-corrected chi connectivity index (χ0v) is 28.8. The molecule has 1 heterocycles. The summed E-state index contributed by atoms with van der Waals surface area (Å²) in [6.07, 6.45) is 1.65. The van der Waals surface area contributed by atoms with Crippen molar-refractivity contribution in [2.24, 2.45) is 5.92 Å². The minimum absolute atomic E-state index is 0.0179. The first kappa shape index (κ1) is 36.2. The molecule has 254 valence electrons. The Bertz CT molecular complexity index is 1610. The highest BCUT2D eigenvalue weighted by Gasteiger charge is 2.31. The van der Waals surface area contributed by atoms with Gasteiger partial charge >= 0.3 is 0 Å². The lowest BCUT2D eigenvalue weighted by Gasteiger charge is -2.36. The second kappa shape index (κ2) is 16.5. The number of nitrogens with zero attached hydrogens (tertiary/aromatic N) is 2. The Morgan fingerprint density at radius 3 is 2.47 bits per heavy atom. The number of fused-ring (bicyclic) bond motifs is 1. The Balaban J connectivity index is 1.66. The van der Waals surface area contributed by atoms with Crippen LogP contribution in [-0.2, 0) is 14.8 Å². The van der Waals surface area contributed by atoms with Crippen LogP contribution in [0.4, 0.5) is 5.69 Å². The topological polar surface area (TPSA) is 125 Å². The van der Waals surface area contributed by atoms with Gasteiger partial charge in [0.15, 0.2) is 0 Å². The highest BCUT2D eigenvalue weighted by molar-refractivity contribution is 7.92. The third kappa shape index (κ3) is 9.70. The van der Waals surface area contributed by atoms with Crippen molar-refractivity contribution < 1.29 is 32.6 Å². The van der Waals surface area contributed by atoms with Crippen molar-refractivity contribution in [3.8, 4) is 5.75 Å². The van der Waals surface area contributed by atoms with Crippen molar-refractivity contribution in [1.82, 2.24) is 9.80 Å². The second-order valence-corrected chi connectivity index (χ2v) is 14.2. The number of aliphatic hydroxyl groups is 1. The minimum atomic E-state index is -3.99. The van der Waals surface area contributed by atoms with E-state index in [1.165, 1.54) is 30.3 Å². The first-order valence-corrected chi connectivity index (χ1v) is 17.7. The monoisotopic (exact) mass is 685 g/mol. The fourth-order valence-corrected chi connectivity index (χ4v) is 6.61. The van der Waals surface area contributed by atoms with E-state index in [1.807, 2.05) is 32.0 Å². The lowest BCUT2D eigenvalue weighted by molar-refractivity contribution is -0.0149. The lowest BCUT2D eigenvalue weighted by atomic mass is 10.0. The molecule has 2 N–H and O–H groups in total. The maximum absolute atomic E-state index is 14.3. The molecule has 10 nitrogen and oxygen atoms in total. The van der Waals surface area contributed by atoms with Crippen LogP contribution in [-0.4, -0.2) is 86.7 Å². The fourth-order valence-electron chi connectivity index (χ4n) is 5.43. The number of aliphatic hydroxyl groups excluding tert-OH is 1. The molecule has 3 aromatic rings. The molecule has 2 amide bonds. The van der Waals surface area contributed by atoms with E-state index in [1.54, 1.807) is 48.0 Å². The summed E-state index contributed by atoms with van der Waals surface area (Å²) in [6.45, 7) is 6.30. The zero-order valence-electron chi connectivity index (χ0n) is 27.3. The number of nitrogens with one attached hydrogen (secondary N) is 1. The first-order chi connectivity index (χ1) is 22.4. The molecular formula is C35H44ClN3O7S. The maximum Gasteiger partial charge on any atom is 0.261 e. The van der Waals surface area contributed by atoms with Crippen molar-refractivity contribution in [3.05, 3.63) is 88.9 Å². The Kier molecular flexibility index (Phi) is 12.7. The third-order valence-corrected chi connectivity index (χ3v) is 9.90. The highest BCUT2D eigenvalue weighted by Crippen LogP contribution is 2.30. The number of carbonyl (C=O) groups is 2. The van der Waals surface area contributed by atoms with Gasteiger partial charge in [-0.15, -0.1) is 0 Å². The molecule has 0 spiro atoms. The summed E-state index contributed by atoms with van der Waals surface area (Å²) >= 11 is 5.94. The van der Waals surface area contributed by atoms with Gasteiger partial charge in [0, 0.05) is 48.9 Å². The molecule has 1 aliphatic rings. The molecule has 0 saturated carbocycles. The van der Waals surface area contributed by atoms with E-state index < -0.39 is 28.1 Å². The molecule has 0 fully saturated rings. The largest absolute Gasteiger partial charge is 0.490 e. The van der Waals surface area contributed by atoms with Crippen LogP contribution in [0.1, 0.15) is 60.7 Å². The van der Waals surface area contributed by atoms with Gasteiger partial charge in [0.25, 0.3) is 21.8 Å². The molecule has 47 heavy (non-hydrogen) atoms. The van der Waals surface area contributed by atoms with Gasteiger partial charge in [0.2, 0.25) is 0 Å². The van der Waals surface area contributed by atoms with Gasteiger partial charge in [-0.3, -0.25) is 14.3 Å². The quantitative estimate of drug-likeness (QED) is 0.311. The first-order valence-electron chi connectivity index (χ1n) is 15.8. The van der Waals surface area contributed by atoms with Crippen LogP contribution in [0.25, 0.3) is 0 Å². The van der Waals surface area contributed by atoms with E-state index in [0.717, 1.165) is 12.8 Å². The molecule has 12 heteroatoms. The molecule has 0 bridgehead atoms. The SMILES string of the molecule is C[C@@H]1CCCCO[C@@H](CN(C)C(=O)c2ccccc2)[C@@H](C)CN([C@H](C)CO)C(=O)c2cc(NS(=O)(=O)c3ccc(Cl)cc3)ccc2O1. The Morgan fingerprint density at radius 2 is 1.79 bits per heavy atom. The van der Waals surface area contributed by atoms with Crippen LogP contribution < -0.4 is 9.46 Å². The van der Waals surface area contributed by atoms with Gasteiger partial charge in [0.1, 0.15) is 5.75 Å². The second-order valence-electron chi connectivity index (χ2n) is 12.1. The summed E-state index contributed by atoms with van der Waals surface area (Å²) < 4.78 is 41.5. The summed E-state index contributed by atoms with van der Waals surface area (Å²) in [5.41, 5.74) is 0.908. The molecule has 4 rings (SSSR count). The summed E-state index contributed by atoms with van der Waals surface area (Å²) in [5.74, 6) is -0.488. The Labute approximate surface area is 282 Å². The summed E-state index contributed by atoms with van der Waals surface area (Å²) in [6, 6.07) is 18.8. The number of carbonyl (C=O) groups excluding carboxylic acids is 2. The van der Waals surface area contributed by atoms with Crippen LogP contribution in [0.3, 0.4) is 0 Å².